The predicted molar refractivity (Wildman–Crippen MR) is 322 cm³/mol. The van der Waals surface area contributed by atoms with Crippen LogP contribution in [0.4, 0.5) is 0 Å². The van der Waals surface area contributed by atoms with Gasteiger partial charge in [0, 0.05) is 5.41 Å². The Balaban J connectivity index is 0.753. The highest BCUT2D eigenvalue weighted by atomic mass is 16.8. The van der Waals surface area contributed by atoms with E-state index in [4.69, 9.17) is 56.8 Å². The fraction of sp³-hybridized carbons (Fsp3) is 0.985. The summed E-state index contributed by atoms with van der Waals surface area (Å²) in [6, 6.07) is 0. The van der Waals surface area contributed by atoms with E-state index in [-0.39, 0.29) is 51.9 Å². The van der Waals surface area contributed by atoms with Crippen LogP contribution in [-0.2, 0) is 61.6 Å². The summed E-state index contributed by atoms with van der Waals surface area (Å²) in [6.07, 6.45) is -43.4. The molecule has 11 aliphatic rings. The van der Waals surface area contributed by atoms with E-state index >= 15 is 4.79 Å². The second-order valence-electron chi connectivity index (χ2n) is 31.7. The Labute approximate surface area is 562 Å². The molecule has 560 valence electrons. The molecule has 0 bridgehead atoms. The van der Waals surface area contributed by atoms with Crippen LogP contribution in [0.3, 0.4) is 0 Å². The zero-order chi connectivity index (χ0) is 70.7. The zero-order valence-electron chi connectivity index (χ0n) is 56.0. The molecule has 6 saturated heterocycles. The topological polar surface area (TPSA) is 512 Å². The molecule has 19 N–H and O–H groups in total. The van der Waals surface area contributed by atoms with Crippen molar-refractivity contribution < 1.29 is 159 Å². The molecule has 39 unspecified atom stereocenters. The molecular formula is C65H108O32. The lowest BCUT2D eigenvalue weighted by molar-refractivity contribution is -0.393. The summed E-state index contributed by atoms with van der Waals surface area (Å²) < 4.78 is 71.0. The number of ether oxygens (including phenoxy) is 12. The number of esters is 1. The van der Waals surface area contributed by atoms with Crippen LogP contribution in [0.2, 0.25) is 0 Å². The Morgan fingerprint density at radius 1 is 0.433 bits per heavy atom. The minimum atomic E-state index is -2.05. The van der Waals surface area contributed by atoms with Crippen molar-refractivity contribution in [3.05, 3.63) is 0 Å². The Hall–Kier alpha value is -1.73. The lowest BCUT2D eigenvalue weighted by atomic mass is 9.31. The third-order valence-electron chi connectivity index (χ3n) is 26.0. The standard InChI is InChI=1S/C65H108O32/c1-25-36(71)43(78)52(96-54-45(80)37(72)28(70)22-86-54)58(88-25)95-51-40(75)30(20-67)90-57(49(51)84)94-50-31(21-68)91-55(48(83)44(50)79)93-35-11-12-61(4)33(62(35,5)24-69)10-13-64(7)34(61)9-8-26-27-18-60(2,3)14-16-65(27,17-15-63(26,64)6)59(85)97-56-47(82)42(77)39(74)32(92-56)23-87-53-46(81)41(76)38(73)29(19-66)89-53/h25-58,66-84H,8-24H2,1-7H3. The van der Waals surface area contributed by atoms with E-state index in [1.807, 2.05) is 6.92 Å². The van der Waals surface area contributed by atoms with Crippen molar-refractivity contribution >= 4 is 5.97 Å². The highest BCUT2D eigenvalue weighted by molar-refractivity contribution is 5.78. The molecular weight excluding hydrogens is 1290 g/mol. The van der Waals surface area contributed by atoms with Gasteiger partial charge in [-0.05, 0) is 123 Å². The minimum Gasteiger partial charge on any atom is -0.432 e. The average Bonchev–Trinajstić information content (AvgIpc) is 0.675. The Bertz CT molecular complexity index is 2650. The summed E-state index contributed by atoms with van der Waals surface area (Å²) in [5.74, 6) is -0.762. The molecule has 5 saturated carbocycles. The van der Waals surface area contributed by atoms with Gasteiger partial charge in [-0.15, -0.1) is 0 Å². The summed E-state index contributed by atoms with van der Waals surface area (Å²) in [5, 5.41) is 207. The van der Waals surface area contributed by atoms with Gasteiger partial charge < -0.3 is 154 Å². The van der Waals surface area contributed by atoms with Gasteiger partial charge >= 0.3 is 5.97 Å². The number of fused-ring (bicyclic) bond motifs is 7. The molecule has 32 nitrogen and oxygen atoms in total. The van der Waals surface area contributed by atoms with E-state index in [0.717, 1.165) is 19.3 Å². The van der Waals surface area contributed by atoms with E-state index in [2.05, 4.69) is 34.6 Å². The number of hydrogen-bond acceptors (Lipinski definition) is 32. The van der Waals surface area contributed by atoms with Crippen LogP contribution in [0, 0.1) is 56.2 Å². The first kappa shape index (κ1) is 76.4. The first-order valence-corrected chi connectivity index (χ1v) is 34.6. The van der Waals surface area contributed by atoms with E-state index in [9.17, 15) is 97.0 Å². The number of aliphatic hydroxyl groups is 19. The van der Waals surface area contributed by atoms with Crippen LogP contribution in [0.15, 0.2) is 0 Å². The molecule has 97 heavy (non-hydrogen) atoms. The van der Waals surface area contributed by atoms with Crippen LogP contribution in [0.1, 0.15) is 119 Å². The summed E-state index contributed by atoms with van der Waals surface area (Å²) in [5.41, 5.74) is -3.11. The van der Waals surface area contributed by atoms with Crippen LogP contribution < -0.4 is 0 Å². The van der Waals surface area contributed by atoms with E-state index in [1.54, 1.807) is 0 Å². The highest BCUT2D eigenvalue weighted by Crippen LogP contribution is 2.77. The van der Waals surface area contributed by atoms with Crippen molar-refractivity contribution in [2.45, 2.75) is 303 Å². The molecule has 0 aromatic heterocycles. The van der Waals surface area contributed by atoms with Crippen molar-refractivity contribution in [1.29, 1.82) is 0 Å². The monoisotopic (exact) mass is 1400 g/mol. The number of rotatable bonds is 17. The van der Waals surface area contributed by atoms with Crippen LogP contribution >= 0.6 is 0 Å². The molecule has 11 rings (SSSR count). The van der Waals surface area contributed by atoms with Gasteiger partial charge in [0.05, 0.1) is 57.3 Å². The Morgan fingerprint density at radius 3 is 1.66 bits per heavy atom. The largest absolute Gasteiger partial charge is 0.432 e. The maximum atomic E-state index is 15.2. The number of carbonyl (C=O) groups excluding carboxylic acids is 1. The van der Waals surface area contributed by atoms with Gasteiger partial charge in [-0.1, -0.05) is 41.5 Å². The third-order valence-corrected chi connectivity index (χ3v) is 26.0. The molecule has 0 spiro atoms. The van der Waals surface area contributed by atoms with Gasteiger partial charge in [0.2, 0.25) is 6.29 Å². The molecule has 0 aromatic rings. The van der Waals surface area contributed by atoms with Gasteiger partial charge in [0.15, 0.2) is 31.5 Å². The quantitative estimate of drug-likeness (QED) is 0.0477. The van der Waals surface area contributed by atoms with E-state index in [1.165, 1.54) is 6.92 Å². The van der Waals surface area contributed by atoms with Crippen molar-refractivity contribution in [3.63, 3.8) is 0 Å². The third kappa shape index (κ3) is 13.2. The summed E-state index contributed by atoms with van der Waals surface area (Å²) in [4.78, 5) is 15.2. The van der Waals surface area contributed by atoms with Crippen LogP contribution in [0.25, 0.3) is 0 Å². The van der Waals surface area contributed by atoms with Crippen molar-refractivity contribution in [1.82, 2.24) is 0 Å². The molecule has 0 radical (unpaired) electrons. The minimum absolute atomic E-state index is 0.0315. The first-order chi connectivity index (χ1) is 45.6. The van der Waals surface area contributed by atoms with E-state index in [0.29, 0.717) is 51.4 Å². The number of hydrogen-bond donors (Lipinski definition) is 19. The second-order valence-corrected chi connectivity index (χ2v) is 31.7. The molecule has 0 aromatic carbocycles. The molecule has 0 amide bonds. The lowest BCUT2D eigenvalue weighted by Crippen LogP contribution is -2.69. The fourth-order valence-corrected chi connectivity index (χ4v) is 19.8. The molecule has 32 heteroatoms. The number of aliphatic hydroxyl groups excluding tert-OH is 19. The molecule has 6 heterocycles. The number of carbonyl (C=O) groups is 1. The fourth-order valence-electron chi connectivity index (χ4n) is 19.8. The molecule has 5 aliphatic carbocycles. The average molecular weight is 1400 g/mol. The molecule has 6 aliphatic heterocycles. The van der Waals surface area contributed by atoms with Gasteiger partial charge in [-0.3, -0.25) is 4.79 Å². The van der Waals surface area contributed by atoms with Gasteiger partial charge in [0.1, 0.15) is 134 Å². The first-order valence-electron chi connectivity index (χ1n) is 34.6. The van der Waals surface area contributed by atoms with Crippen molar-refractivity contribution in [2.24, 2.45) is 56.2 Å². The highest BCUT2D eigenvalue weighted by Gasteiger charge is 2.73. The van der Waals surface area contributed by atoms with Crippen molar-refractivity contribution in [2.75, 3.05) is 39.6 Å². The van der Waals surface area contributed by atoms with E-state index < -0.39 is 234 Å². The smallest absolute Gasteiger partial charge is 0.314 e. The maximum Gasteiger partial charge on any atom is 0.314 e. The summed E-state index contributed by atoms with van der Waals surface area (Å²) in [7, 11) is 0. The predicted octanol–water partition coefficient (Wildman–Crippen LogP) is -5.67. The zero-order valence-corrected chi connectivity index (χ0v) is 56.0. The summed E-state index contributed by atoms with van der Waals surface area (Å²) >= 11 is 0. The summed E-state index contributed by atoms with van der Waals surface area (Å²) in [6.45, 7) is 10.9. The maximum absolute atomic E-state index is 15.2. The molecule has 11 fully saturated rings. The van der Waals surface area contributed by atoms with Crippen LogP contribution in [0.5, 0.6) is 0 Å². The van der Waals surface area contributed by atoms with Gasteiger partial charge in [-0.25, -0.2) is 0 Å². The second kappa shape index (κ2) is 29.0. The SMILES string of the molecule is CC1OC(OC2C(O)C(CO)OC(OC3C(CO)OC(OC4CCC5(C)C(CCC6(C)C5CCC5C7CC(C)(C)CCC7(C(=O)OC7OC(COC8OC(CO)C(O)C(O)C8O)C(O)C(O)C7O)CCC56C)C4(C)CO)C(O)C3O)C2O)C(OC2OCC(O)C(O)C2O)C(O)C1O. The normalized spacial score (nSPS) is 55.5. The Morgan fingerprint density at radius 2 is 0.990 bits per heavy atom. The van der Waals surface area contributed by atoms with Crippen LogP contribution in [-0.4, -0.2) is 327 Å². The molecule has 39 atom stereocenters. The Kier molecular flexibility index (Phi) is 22.8. The van der Waals surface area contributed by atoms with Gasteiger partial charge in [-0.2, -0.15) is 0 Å². The lowest BCUT2D eigenvalue weighted by Gasteiger charge is -2.73. The van der Waals surface area contributed by atoms with Crippen molar-refractivity contribution in [3.8, 4) is 0 Å². The van der Waals surface area contributed by atoms with Gasteiger partial charge in [0.25, 0.3) is 0 Å².